The largest absolute Gasteiger partial charge is 0.445 e. The zero-order valence-corrected chi connectivity index (χ0v) is 22.8. The number of carbonyl (C=O) groups excluding carboxylic acids is 2. The van der Waals surface area contributed by atoms with Crippen molar-refractivity contribution in [2.24, 2.45) is 0 Å². The SMILES string of the molecule is CSc1nc2c(c(N3CC4CCC(C3)N4C(=O)OC(C)(C)C)n1)CCN(C(=O)OCc1ccccc1)C2. The van der Waals surface area contributed by atoms with Gasteiger partial charge in [-0.3, -0.25) is 4.90 Å². The Kier molecular flexibility index (Phi) is 7.20. The summed E-state index contributed by atoms with van der Waals surface area (Å²) in [6.45, 7) is 8.35. The van der Waals surface area contributed by atoms with Gasteiger partial charge in [-0.2, -0.15) is 0 Å². The molecule has 2 aromatic rings. The number of hydrogen-bond acceptors (Lipinski definition) is 8. The quantitative estimate of drug-likeness (QED) is 0.427. The van der Waals surface area contributed by atoms with Crippen molar-refractivity contribution in [2.45, 2.75) is 76.0 Å². The lowest BCUT2D eigenvalue weighted by Crippen LogP contribution is -2.57. The Hall–Kier alpha value is -3.01. The standard InChI is InChI=1S/C27H35N5O4S/c1-27(2,3)36-26(34)32-19-10-11-20(32)15-31(14-19)23-21-12-13-30(16-22(21)28-24(29-23)37-4)25(33)35-17-18-8-6-5-7-9-18/h5-9,19-20H,10-17H2,1-4H3. The number of benzene rings is 1. The minimum absolute atomic E-state index is 0.102. The molecule has 2 atom stereocenters. The topological polar surface area (TPSA) is 88.1 Å². The first-order valence-electron chi connectivity index (χ1n) is 12.9. The van der Waals surface area contributed by atoms with Crippen molar-refractivity contribution in [3.63, 3.8) is 0 Å². The molecule has 198 valence electrons. The van der Waals surface area contributed by atoms with Gasteiger partial charge in [-0.15, -0.1) is 0 Å². The first-order chi connectivity index (χ1) is 17.7. The highest BCUT2D eigenvalue weighted by atomic mass is 32.2. The minimum Gasteiger partial charge on any atom is -0.445 e. The average Bonchev–Trinajstić information content (AvgIpc) is 3.15. The summed E-state index contributed by atoms with van der Waals surface area (Å²) in [4.78, 5) is 41.4. The summed E-state index contributed by atoms with van der Waals surface area (Å²) >= 11 is 1.50. The zero-order chi connectivity index (χ0) is 26.2. The molecule has 4 heterocycles. The van der Waals surface area contributed by atoms with Crippen LogP contribution in [0.25, 0.3) is 0 Å². The Morgan fingerprint density at radius 2 is 1.76 bits per heavy atom. The molecular formula is C27H35N5O4S. The van der Waals surface area contributed by atoms with E-state index < -0.39 is 5.60 Å². The van der Waals surface area contributed by atoms with E-state index in [0.717, 1.165) is 48.6 Å². The number of ether oxygens (including phenoxy) is 2. The zero-order valence-electron chi connectivity index (χ0n) is 22.0. The number of nitrogens with zero attached hydrogens (tertiary/aromatic N) is 5. The molecule has 2 saturated heterocycles. The number of rotatable bonds is 4. The molecule has 0 aliphatic carbocycles. The predicted octanol–water partition coefficient (Wildman–Crippen LogP) is 4.48. The van der Waals surface area contributed by atoms with Gasteiger partial charge in [-0.05, 0) is 51.9 Å². The van der Waals surface area contributed by atoms with E-state index in [2.05, 4.69) is 4.90 Å². The van der Waals surface area contributed by atoms with Crippen LogP contribution in [0.3, 0.4) is 0 Å². The van der Waals surface area contributed by atoms with Gasteiger partial charge in [0.15, 0.2) is 5.16 Å². The lowest BCUT2D eigenvalue weighted by atomic mass is 10.0. The van der Waals surface area contributed by atoms with Crippen molar-refractivity contribution in [2.75, 3.05) is 30.8 Å². The monoisotopic (exact) mass is 525 g/mol. The highest BCUT2D eigenvalue weighted by Crippen LogP contribution is 2.36. The van der Waals surface area contributed by atoms with Crippen LogP contribution in [0.1, 0.15) is 50.4 Å². The molecule has 10 heteroatoms. The van der Waals surface area contributed by atoms with Gasteiger partial charge in [-0.25, -0.2) is 19.6 Å². The lowest BCUT2D eigenvalue weighted by molar-refractivity contribution is 0.0122. The second kappa shape index (κ2) is 10.4. The van der Waals surface area contributed by atoms with Crippen molar-refractivity contribution in [3.8, 4) is 0 Å². The van der Waals surface area contributed by atoms with Crippen LogP contribution in [0.4, 0.5) is 15.4 Å². The fourth-order valence-electron chi connectivity index (χ4n) is 5.40. The number of amides is 2. The first kappa shape index (κ1) is 25.6. The molecule has 5 rings (SSSR count). The van der Waals surface area contributed by atoms with E-state index in [9.17, 15) is 9.59 Å². The van der Waals surface area contributed by atoms with Crippen molar-refractivity contribution in [3.05, 3.63) is 47.2 Å². The molecule has 0 spiro atoms. The number of fused-ring (bicyclic) bond motifs is 3. The molecule has 9 nitrogen and oxygen atoms in total. The van der Waals surface area contributed by atoms with Crippen LogP contribution in [0, 0.1) is 0 Å². The Labute approximate surface area is 222 Å². The molecular weight excluding hydrogens is 490 g/mol. The smallest absolute Gasteiger partial charge is 0.410 e. The normalized spacial score (nSPS) is 21.0. The van der Waals surface area contributed by atoms with Crippen molar-refractivity contribution >= 4 is 29.8 Å². The number of anilines is 1. The van der Waals surface area contributed by atoms with Gasteiger partial charge in [0.25, 0.3) is 0 Å². The highest BCUT2D eigenvalue weighted by molar-refractivity contribution is 7.98. The molecule has 2 amide bonds. The number of piperazine rings is 1. The molecule has 0 N–H and O–H groups in total. The number of thioether (sulfide) groups is 1. The van der Waals surface area contributed by atoms with Gasteiger partial charge < -0.3 is 19.3 Å². The summed E-state index contributed by atoms with van der Waals surface area (Å²) < 4.78 is 11.3. The maximum atomic E-state index is 12.9. The van der Waals surface area contributed by atoms with Gasteiger partial charge in [-0.1, -0.05) is 42.1 Å². The molecule has 1 aromatic carbocycles. The van der Waals surface area contributed by atoms with Gasteiger partial charge in [0, 0.05) is 25.2 Å². The van der Waals surface area contributed by atoms with Gasteiger partial charge >= 0.3 is 12.2 Å². The van der Waals surface area contributed by atoms with E-state index in [-0.39, 0.29) is 30.9 Å². The minimum atomic E-state index is -0.513. The Morgan fingerprint density at radius 1 is 1.05 bits per heavy atom. The second-order valence-corrected chi connectivity index (χ2v) is 11.6. The summed E-state index contributed by atoms with van der Waals surface area (Å²) in [5, 5.41) is 0.690. The fourth-order valence-corrected chi connectivity index (χ4v) is 5.78. The third-order valence-electron chi connectivity index (χ3n) is 7.05. The molecule has 0 saturated carbocycles. The van der Waals surface area contributed by atoms with Crippen LogP contribution < -0.4 is 4.90 Å². The van der Waals surface area contributed by atoms with E-state index in [0.29, 0.717) is 24.7 Å². The summed E-state index contributed by atoms with van der Waals surface area (Å²) in [7, 11) is 0. The van der Waals surface area contributed by atoms with Crippen LogP contribution in [0.15, 0.2) is 35.5 Å². The number of hydrogen-bond donors (Lipinski definition) is 0. The third-order valence-corrected chi connectivity index (χ3v) is 7.60. The summed E-state index contributed by atoms with van der Waals surface area (Å²) in [6.07, 6.45) is 4.00. The van der Waals surface area contributed by atoms with E-state index >= 15 is 0 Å². The molecule has 3 aliphatic rings. The van der Waals surface area contributed by atoms with Crippen molar-refractivity contribution in [1.82, 2.24) is 19.8 Å². The Balaban J connectivity index is 1.30. The summed E-state index contributed by atoms with van der Waals surface area (Å²) in [5.74, 6) is 0.937. The lowest BCUT2D eigenvalue weighted by Gasteiger charge is -2.42. The van der Waals surface area contributed by atoms with E-state index in [4.69, 9.17) is 19.4 Å². The molecule has 2 fully saturated rings. The average molecular weight is 526 g/mol. The molecule has 1 aromatic heterocycles. The third kappa shape index (κ3) is 5.63. The van der Waals surface area contributed by atoms with Gasteiger partial charge in [0.05, 0.1) is 24.3 Å². The van der Waals surface area contributed by atoms with Gasteiger partial charge in [0.2, 0.25) is 0 Å². The fraction of sp³-hybridized carbons (Fsp3) is 0.556. The number of aromatic nitrogens is 2. The Morgan fingerprint density at radius 3 is 2.41 bits per heavy atom. The first-order valence-corrected chi connectivity index (χ1v) is 14.1. The molecule has 37 heavy (non-hydrogen) atoms. The van der Waals surface area contributed by atoms with Gasteiger partial charge in [0.1, 0.15) is 18.0 Å². The second-order valence-electron chi connectivity index (χ2n) is 10.8. The van der Waals surface area contributed by atoms with E-state index in [1.165, 1.54) is 11.8 Å². The van der Waals surface area contributed by atoms with Crippen molar-refractivity contribution < 1.29 is 19.1 Å². The molecule has 2 unspecified atom stereocenters. The van der Waals surface area contributed by atoms with Crippen LogP contribution in [-0.4, -0.2) is 75.5 Å². The van der Waals surface area contributed by atoms with E-state index in [1.54, 1.807) is 4.90 Å². The van der Waals surface area contributed by atoms with Crippen LogP contribution in [0.5, 0.6) is 0 Å². The van der Waals surface area contributed by atoms with E-state index in [1.807, 2.05) is 62.3 Å². The molecule has 3 aliphatic heterocycles. The maximum Gasteiger partial charge on any atom is 0.410 e. The van der Waals surface area contributed by atoms with Crippen LogP contribution in [-0.2, 0) is 29.0 Å². The summed E-state index contributed by atoms with van der Waals surface area (Å²) in [6, 6.07) is 9.90. The Bertz CT molecular complexity index is 1140. The molecule has 0 radical (unpaired) electrons. The van der Waals surface area contributed by atoms with Crippen molar-refractivity contribution in [1.29, 1.82) is 0 Å². The highest BCUT2D eigenvalue weighted by Gasteiger charge is 2.45. The predicted molar refractivity (Wildman–Crippen MR) is 142 cm³/mol. The maximum absolute atomic E-state index is 12.9. The number of carbonyl (C=O) groups is 2. The van der Waals surface area contributed by atoms with Crippen LogP contribution in [0.2, 0.25) is 0 Å². The molecule has 2 bridgehead atoms. The van der Waals surface area contributed by atoms with Crippen LogP contribution >= 0.6 is 11.8 Å². The summed E-state index contributed by atoms with van der Waals surface area (Å²) in [5.41, 5.74) is 2.41.